The highest BCUT2D eigenvalue weighted by atomic mass is 16.5. The van der Waals surface area contributed by atoms with Crippen LogP contribution in [0.2, 0.25) is 0 Å². The zero-order valence-electron chi connectivity index (χ0n) is 19.0. The van der Waals surface area contributed by atoms with E-state index >= 15 is 0 Å². The molecule has 0 saturated carbocycles. The van der Waals surface area contributed by atoms with Gasteiger partial charge in [-0.25, -0.2) is 0 Å². The molecule has 1 fully saturated rings. The van der Waals surface area contributed by atoms with Crippen LogP contribution < -0.4 is 4.74 Å². The first kappa shape index (κ1) is 22.6. The Kier molecular flexibility index (Phi) is 6.50. The first-order chi connectivity index (χ1) is 14.7. The third-order valence-corrected chi connectivity index (χ3v) is 5.70. The Morgan fingerprint density at radius 1 is 1.26 bits per heavy atom. The van der Waals surface area contributed by atoms with Crippen LogP contribution in [0.4, 0.5) is 0 Å². The monoisotopic (exact) mass is 426 g/mol. The van der Waals surface area contributed by atoms with Crippen molar-refractivity contribution >= 4 is 17.4 Å². The molecule has 2 aromatic rings. The van der Waals surface area contributed by atoms with Gasteiger partial charge in [-0.05, 0) is 58.6 Å². The van der Waals surface area contributed by atoms with E-state index in [0.717, 1.165) is 12.2 Å². The van der Waals surface area contributed by atoms with Crippen molar-refractivity contribution in [2.45, 2.75) is 26.3 Å². The minimum absolute atomic E-state index is 0.0855. The molecular weight excluding hydrogens is 396 g/mol. The second kappa shape index (κ2) is 8.93. The zero-order chi connectivity index (χ0) is 22.9. The van der Waals surface area contributed by atoms with E-state index in [0.29, 0.717) is 35.5 Å². The van der Waals surface area contributed by atoms with E-state index in [1.807, 2.05) is 38.1 Å². The summed E-state index contributed by atoms with van der Waals surface area (Å²) >= 11 is 0. The van der Waals surface area contributed by atoms with Gasteiger partial charge in [-0.2, -0.15) is 5.10 Å². The molecule has 0 spiro atoms. The highest BCUT2D eigenvalue weighted by molar-refractivity contribution is 6.46. The summed E-state index contributed by atoms with van der Waals surface area (Å²) in [5, 5.41) is 15.6. The average Bonchev–Trinajstić information content (AvgIpc) is 3.13. The Morgan fingerprint density at radius 3 is 2.55 bits per heavy atom. The molecule has 166 valence electrons. The molecule has 1 aromatic heterocycles. The van der Waals surface area contributed by atoms with Crippen molar-refractivity contribution in [1.82, 2.24) is 19.6 Å². The number of Topliss-reactive ketones (excluding diaryl/α,β-unsaturated/α-hetero) is 1. The number of hydrogen-bond donors (Lipinski definition) is 1. The van der Waals surface area contributed by atoms with E-state index < -0.39 is 17.7 Å². The number of rotatable bonds is 7. The lowest BCUT2D eigenvalue weighted by Gasteiger charge is -2.26. The van der Waals surface area contributed by atoms with Crippen LogP contribution in [0.1, 0.15) is 35.0 Å². The lowest BCUT2D eigenvalue weighted by atomic mass is 9.94. The van der Waals surface area contributed by atoms with Gasteiger partial charge >= 0.3 is 0 Å². The molecule has 3 rings (SSSR count). The molecule has 0 aliphatic carbocycles. The van der Waals surface area contributed by atoms with Crippen LogP contribution in [0.15, 0.2) is 29.8 Å². The van der Waals surface area contributed by atoms with Gasteiger partial charge in [-0.1, -0.05) is 12.1 Å². The van der Waals surface area contributed by atoms with Gasteiger partial charge in [0, 0.05) is 19.3 Å². The minimum atomic E-state index is -0.698. The van der Waals surface area contributed by atoms with Gasteiger partial charge in [0.2, 0.25) is 0 Å². The largest absolute Gasteiger partial charge is 0.507 e. The topological polar surface area (TPSA) is 87.9 Å². The van der Waals surface area contributed by atoms with E-state index in [9.17, 15) is 14.7 Å². The number of benzene rings is 1. The number of hydrogen-bond acceptors (Lipinski definition) is 6. The maximum absolute atomic E-state index is 13.1. The molecule has 1 saturated heterocycles. The number of aryl methyl sites for hydroxylation is 2. The Balaban J connectivity index is 2.17. The molecule has 1 atom stereocenters. The predicted octanol–water partition coefficient (Wildman–Crippen LogP) is 2.42. The SMILES string of the molecule is COc1cccc([C@H]2/C(=C(\O)c3c(C)nn(C)c3C)C(=O)C(=O)N2CCCN(C)C)c1. The lowest BCUT2D eigenvalue weighted by molar-refractivity contribution is -0.139. The van der Waals surface area contributed by atoms with Crippen LogP contribution in [0.3, 0.4) is 0 Å². The van der Waals surface area contributed by atoms with Crippen LogP contribution in [0.25, 0.3) is 5.76 Å². The highest BCUT2D eigenvalue weighted by Crippen LogP contribution is 2.41. The Labute approximate surface area is 182 Å². The number of amides is 1. The van der Waals surface area contributed by atoms with Gasteiger partial charge < -0.3 is 19.6 Å². The first-order valence-corrected chi connectivity index (χ1v) is 10.2. The van der Waals surface area contributed by atoms with E-state index in [1.165, 1.54) is 0 Å². The van der Waals surface area contributed by atoms with Crippen molar-refractivity contribution in [3.63, 3.8) is 0 Å². The second-order valence-electron chi connectivity index (χ2n) is 8.10. The van der Waals surface area contributed by atoms with Crippen molar-refractivity contribution in [2.24, 2.45) is 7.05 Å². The van der Waals surface area contributed by atoms with E-state index in [4.69, 9.17) is 4.74 Å². The van der Waals surface area contributed by atoms with Crippen molar-refractivity contribution in [3.05, 3.63) is 52.4 Å². The third-order valence-electron chi connectivity index (χ3n) is 5.70. The maximum Gasteiger partial charge on any atom is 0.295 e. The van der Waals surface area contributed by atoms with Crippen molar-refractivity contribution in [3.8, 4) is 5.75 Å². The quantitative estimate of drug-likeness (QED) is 0.416. The van der Waals surface area contributed by atoms with Gasteiger partial charge in [-0.3, -0.25) is 14.3 Å². The molecule has 31 heavy (non-hydrogen) atoms. The zero-order valence-corrected chi connectivity index (χ0v) is 19.0. The Morgan fingerprint density at radius 2 is 1.97 bits per heavy atom. The number of carbonyl (C=O) groups excluding carboxylic acids is 2. The fraction of sp³-hybridized carbons (Fsp3) is 0.435. The van der Waals surface area contributed by atoms with Crippen LogP contribution in [0.5, 0.6) is 5.75 Å². The minimum Gasteiger partial charge on any atom is -0.507 e. The van der Waals surface area contributed by atoms with Gasteiger partial charge in [0.15, 0.2) is 0 Å². The van der Waals surface area contributed by atoms with Crippen LogP contribution >= 0.6 is 0 Å². The molecule has 2 heterocycles. The van der Waals surface area contributed by atoms with E-state index in [2.05, 4.69) is 5.10 Å². The fourth-order valence-electron chi connectivity index (χ4n) is 4.08. The van der Waals surface area contributed by atoms with Crippen molar-refractivity contribution < 1.29 is 19.4 Å². The van der Waals surface area contributed by atoms with Gasteiger partial charge in [0.05, 0.1) is 30.0 Å². The number of ketones is 1. The van der Waals surface area contributed by atoms with Gasteiger partial charge in [0.1, 0.15) is 11.5 Å². The molecular formula is C23H30N4O4. The normalized spacial score (nSPS) is 18.3. The summed E-state index contributed by atoms with van der Waals surface area (Å²) in [4.78, 5) is 29.7. The summed E-state index contributed by atoms with van der Waals surface area (Å²) in [6.45, 7) is 4.76. The number of ether oxygens (including phenoxy) is 1. The second-order valence-corrected chi connectivity index (χ2v) is 8.10. The molecule has 1 amide bonds. The Bertz CT molecular complexity index is 1040. The molecule has 0 radical (unpaired) electrons. The van der Waals surface area contributed by atoms with Crippen LogP contribution in [0, 0.1) is 13.8 Å². The van der Waals surface area contributed by atoms with Crippen molar-refractivity contribution in [1.29, 1.82) is 0 Å². The van der Waals surface area contributed by atoms with Gasteiger partial charge in [0.25, 0.3) is 11.7 Å². The smallest absolute Gasteiger partial charge is 0.295 e. The summed E-state index contributed by atoms with van der Waals surface area (Å²) in [7, 11) is 7.26. The number of aromatic nitrogens is 2. The van der Waals surface area contributed by atoms with Crippen LogP contribution in [-0.2, 0) is 16.6 Å². The first-order valence-electron chi connectivity index (χ1n) is 10.2. The predicted molar refractivity (Wildman–Crippen MR) is 118 cm³/mol. The molecule has 0 bridgehead atoms. The van der Waals surface area contributed by atoms with Crippen molar-refractivity contribution in [2.75, 3.05) is 34.3 Å². The highest BCUT2D eigenvalue weighted by Gasteiger charge is 2.46. The van der Waals surface area contributed by atoms with E-state index in [-0.39, 0.29) is 11.3 Å². The molecule has 1 N–H and O–H groups in total. The summed E-state index contributed by atoms with van der Waals surface area (Å²) < 4.78 is 7.00. The standard InChI is InChI=1S/C23H30N4O4/c1-14-18(15(2)26(5)24-14)21(28)19-20(16-9-7-10-17(13-16)31-6)27(23(30)22(19)29)12-8-11-25(3)4/h7,9-10,13,20,28H,8,11-12H2,1-6H3/b21-19+/t20-/m0/s1. The number of aliphatic hydroxyl groups excluding tert-OH is 1. The number of methoxy groups -OCH3 is 1. The molecule has 8 heteroatoms. The summed E-state index contributed by atoms with van der Waals surface area (Å²) in [5.41, 5.74) is 2.60. The number of nitrogens with zero attached hydrogens (tertiary/aromatic N) is 4. The average molecular weight is 427 g/mol. The molecule has 1 aromatic carbocycles. The van der Waals surface area contributed by atoms with Gasteiger partial charge in [-0.15, -0.1) is 0 Å². The lowest BCUT2D eigenvalue weighted by Crippen LogP contribution is -2.32. The summed E-state index contributed by atoms with van der Waals surface area (Å²) in [6, 6.07) is 6.56. The molecule has 8 nitrogen and oxygen atoms in total. The molecule has 0 unspecified atom stereocenters. The Hall–Kier alpha value is -3.13. The number of carbonyl (C=O) groups is 2. The third kappa shape index (κ3) is 4.20. The molecule has 1 aliphatic heterocycles. The van der Waals surface area contributed by atoms with E-state index in [1.54, 1.807) is 42.8 Å². The summed E-state index contributed by atoms with van der Waals surface area (Å²) in [5.74, 6) is -0.861. The molecule has 1 aliphatic rings. The fourth-order valence-corrected chi connectivity index (χ4v) is 4.08. The maximum atomic E-state index is 13.1. The number of likely N-dealkylation sites (tertiary alicyclic amines) is 1. The number of aliphatic hydroxyl groups is 1. The van der Waals surface area contributed by atoms with Crippen LogP contribution in [-0.4, -0.2) is 70.7 Å². The summed E-state index contributed by atoms with van der Waals surface area (Å²) in [6.07, 6.45) is 0.700.